The number of anilines is 1. The Bertz CT molecular complexity index is 481. The monoisotopic (exact) mass is 272 g/mol. The van der Waals surface area contributed by atoms with Crippen LogP contribution >= 0.6 is 0 Å². The summed E-state index contributed by atoms with van der Waals surface area (Å²) >= 11 is 0. The molecule has 1 amide bonds. The van der Waals surface area contributed by atoms with Gasteiger partial charge in [0.15, 0.2) is 6.61 Å². The fraction of sp³-hybridized carbons (Fsp3) is 0.333. The van der Waals surface area contributed by atoms with Gasteiger partial charge in [-0.2, -0.15) is 18.4 Å². The summed E-state index contributed by atoms with van der Waals surface area (Å²) in [4.78, 5) is 11.3. The van der Waals surface area contributed by atoms with E-state index in [0.717, 1.165) is 0 Å². The summed E-state index contributed by atoms with van der Waals surface area (Å²) in [6, 6.07) is 7.86. The summed E-state index contributed by atoms with van der Waals surface area (Å²) in [5.74, 6) is -0.370. The van der Waals surface area contributed by atoms with Crippen molar-refractivity contribution in [3.63, 3.8) is 0 Å². The van der Waals surface area contributed by atoms with Crippen LogP contribution in [-0.4, -0.2) is 18.7 Å². The molecule has 0 atom stereocenters. The lowest BCUT2D eigenvalue weighted by Crippen LogP contribution is -2.16. The quantitative estimate of drug-likeness (QED) is 0.896. The van der Waals surface area contributed by atoms with Gasteiger partial charge in [-0.1, -0.05) is 6.07 Å². The third-order valence-corrected chi connectivity index (χ3v) is 2.06. The van der Waals surface area contributed by atoms with E-state index in [1.54, 1.807) is 18.2 Å². The smallest absolute Gasteiger partial charge is 0.389 e. The van der Waals surface area contributed by atoms with Gasteiger partial charge in [0.2, 0.25) is 5.91 Å². The first-order valence-electron chi connectivity index (χ1n) is 5.37. The molecule has 0 aliphatic carbocycles. The second-order valence-corrected chi connectivity index (χ2v) is 3.64. The molecular weight excluding hydrogens is 261 g/mol. The maximum Gasteiger partial charge on any atom is 0.389 e. The molecule has 0 aliphatic heterocycles. The number of amides is 1. The van der Waals surface area contributed by atoms with Crippen molar-refractivity contribution in [1.82, 2.24) is 0 Å². The largest absolute Gasteiger partial charge is 0.479 e. The van der Waals surface area contributed by atoms with Gasteiger partial charge in [-0.25, -0.2) is 0 Å². The molecular formula is C12H11F3N2O2. The zero-order valence-electron chi connectivity index (χ0n) is 9.83. The van der Waals surface area contributed by atoms with Gasteiger partial charge in [-0.05, 0) is 12.1 Å². The van der Waals surface area contributed by atoms with Crippen molar-refractivity contribution in [1.29, 1.82) is 5.26 Å². The predicted molar refractivity (Wildman–Crippen MR) is 61.5 cm³/mol. The molecule has 1 rings (SSSR count). The average molecular weight is 272 g/mol. The van der Waals surface area contributed by atoms with Crippen molar-refractivity contribution in [3.05, 3.63) is 24.3 Å². The number of nitrogens with one attached hydrogen (secondary N) is 1. The first kappa shape index (κ1) is 14.8. The maximum atomic E-state index is 11.9. The van der Waals surface area contributed by atoms with Crippen molar-refractivity contribution < 1.29 is 22.7 Å². The number of carbonyl (C=O) groups is 1. The number of alkyl halides is 3. The fourth-order valence-corrected chi connectivity index (χ4v) is 1.26. The lowest BCUT2D eigenvalue weighted by molar-refractivity contribution is -0.142. The molecule has 1 N–H and O–H groups in total. The highest BCUT2D eigenvalue weighted by molar-refractivity contribution is 5.90. The molecule has 0 spiro atoms. The van der Waals surface area contributed by atoms with Gasteiger partial charge >= 0.3 is 6.18 Å². The normalized spacial score (nSPS) is 10.6. The lowest BCUT2D eigenvalue weighted by atomic mass is 10.2. The van der Waals surface area contributed by atoms with Gasteiger partial charge in [-0.3, -0.25) is 4.79 Å². The Balaban J connectivity index is 2.52. The highest BCUT2D eigenvalue weighted by Gasteiger charge is 2.27. The highest BCUT2D eigenvalue weighted by atomic mass is 19.4. The zero-order chi connectivity index (χ0) is 14.3. The number of hydrogen-bond donors (Lipinski definition) is 1. The Morgan fingerprint density at radius 3 is 2.79 bits per heavy atom. The first-order chi connectivity index (χ1) is 8.90. The number of halogens is 3. The standard InChI is InChI=1S/C12H11F3N2O2/c13-12(14,15)5-4-11(18)17-9-2-1-3-10(8-9)19-7-6-16/h1-3,8H,4-5,7H2,(H,17,18). The molecule has 4 nitrogen and oxygen atoms in total. The molecule has 19 heavy (non-hydrogen) atoms. The van der Waals surface area contributed by atoms with Crippen molar-refractivity contribution in [3.8, 4) is 11.8 Å². The molecule has 0 saturated heterocycles. The molecule has 1 aromatic rings. The lowest BCUT2D eigenvalue weighted by Gasteiger charge is -2.08. The SMILES string of the molecule is N#CCOc1cccc(NC(=O)CCC(F)(F)F)c1. The van der Waals surface area contributed by atoms with E-state index < -0.39 is 24.9 Å². The fourth-order valence-electron chi connectivity index (χ4n) is 1.26. The molecule has 0 aromatic heterocycles. The maximum absolute atomic E-state index is 11.9. The molecule has 0 saturated carbocycles. The molecule has 0 bridgehead atoms. The van der Waals surface area contributed by atoms with E-state index in [4.69, 9.17) is 10.00 Å². The van der Waals surface area contributed by atoms with Gasteiger partial charge in [-0.15, -0.1) is 0 Å². The Labute approximate surface area is 107 Å². The van der Waals surface area contributed by atoms with E-state index in [1.165, 1.54) is 12.1 Å². The predicted octanol–water partition coefficient (Wildman–Crippen LogP) is 2.87. The minimum Gasteiger partial charge on any atom is -0.479 e. The van der Waals surface area contributed by atoms with E-state index in [2.05, 4.69) is 5.32 Å². The summed E-state index contributed by atoms with van der Waals surface area (Å²) in [6.07, 6.45) is -6.15. The van der Waals surface area contributed by atoms with Crippen molar-refractivity contribution in [2.24, 2.45) is 0 Å². The minimum absolute atomic E-state index is 0.147. The van der Waals surface area contributed by atoms with Crippen LogP contribution in [0.1, 0.15) is 12.8 Å². The van der Waals surface area contributed by atoms with E-state index in [9.17, 15) is 18.0 Å². The zero-order valence-corrected chi connectivity index (χ0v) is 9.83. The summed E-state index contributed by atoms with van der Waals surface area (Å²) in [7, 11) is 0. The average Bonchev–Trinajstić information content (AvgIpc) is 2.33. The van der Waals surface area contributed by atoms with Gasteiger partial charge in [0, 0.05) is 18.2 Å². The number of nitriles is 1. The minimum atomic E-state index is -4.35. The third-order valence-electron chi connectivity index (χ3n) is 2.06. The Hall–Kier alpha value is -2.23. The number of benzene rings is 1. The van der Waals surface area contributed by atoms with E-state index in [1.807, 2.05) is 0 Å². The van der Waals surface area contributed by atoms with Crippen LogP contribution in [0, 0.1) is 11.3 Å². The summed E-state index contributed by atoms with van der Waals surface area (Å²) < 4.78 is 40.8. The molecule has 0 unspecified atom stereocenters. The number of carbonyl (C=O) groups excluding carboxylic acids is 1. The van der Waals surface area contributed by atoms with Crippen LogP contribution in [0.3, 0.4) is 0 Å². The van der Waals surface area contributed by atoms with Crippen molar-refractivity contribution >= 4 is 11.6 Å². The van der Waals surface area contributed by atoms with Crippen molar-refractivity contribution in [2.45, 2.75) is 19.0 Å². The van der Waals surface area contributed by atoms with Crippen molar-refractivity contribution in [2.75, 3.05) is 11.9 Å². The van der Waals surface area contributed by atoms with E-state index in [0.29, 0.717) is 11.4 Å². The van der Waals surface area contributed by atoms with Crippen LogP contribution in [0.25, 0.3) is 0 Å². The number of ether oxygens (including phenoxy) is 1. The molecule has 0 aliphatic rings. The Kier molecular flexibility index (Phi) is 5.18. The van der Waals surface area contributed by atoms with Crippen LogP contribution in [0.15, 0.2) is 24.3 Å². The molecule has 0 heterocycles. The van der Waals surface area contributed by atoms with Crippen LogP contribution in [0.2, 0.25) is 0 Å². The topological polar surface area (TPSA) is 62.1 Å². The van der Waals surface area contributed by atoms with Gasteiger partial charge in [0.1, 0.15) is 11.8 Å². The Morgan fingerprint density at radius 2 is 2.16 bits per heavy atom. The van der Waals surface area contributed by atoms with Crippen LogP contribution in [0.4, 0.5) is 18.9 Å². The van der Waals surface area contributed by atoms with Crippen LogP contribution < -0.4 is 10.1 Å². The second-order valence-electron chi connectivity index (χ2n) is 3.64. The first-order valence-corrected chi connectivity index (χ1v) is 5.37. The summed E-state index contributed by atoms with van der Waals surface area (Å²) in [5.41, 5.74) is 0.322. The van der Waals surface area contributed by atoms with Gasteiger partial charge in [0.25, 0.3) is 0 Å². The second kappa shape index (κ2) is 6.64. The number of rotatable bonds is 5. The van der Waals surface area contributed by atoms with Gasteiger partial charge < -0.3 is 10.1 Å². The van der Waals surface area contributed by atoms with E-state index >= 15 is 0 Å². The molecule has 102 valence electrons. The molecule has 7 heteroatoms. The number of hydrogen-bond acceptors (Lipinski definition) is 3. The third kappa shape index (κ3) is 6.31. The van der Waals surface area contributed by atoms with Crippen LogP contribution in [0.5, 0.6) is 5.75 Å². The number of nitrogens with zero attached hydrogens (tertiary/aromatic N) is 1. The van der Waals surface area contributed by atoms with Crippen LogP contribution in [-0.2, 0) is 4.79 Å². The summed E-state index contributed by atoms with van der Waals surface area (Å²) in [6.45, 7) is -0.147. The van der Waals surface area contributed by atoms with E-state index in [-0.39, 0.29) is 6.61 Å². The molecule has 0 fully saturated rings. The molecule has 1 aromatic carbocycles. The van der Waals surface area contributed by atoms with Gasteiger partial charge in [0.05, 0.1) is 6.42 Å². The highest BCUT2D eigenvalue weighted by Crippen LogP contribution is 2.22. The Morgan fingerprint density at radius 1 is 1.42 bits per heavy atom. The molecule has 0 radical (unpaired) electrons. The summed E-state index contributed by atoms with van der Waals surface area (Å²) in [5, 5.41) is 10.7.